The summed E-state index contributed by atoms with van der Waals surface area (Å²) in [6.07, 6.45) is 2.96. The van der Waals surface area contributed by atoms with Crippen molar-refractivity contribution < 1.29 is 9.53 Å². The Morgan fingerprint density at radius 2 is 2.21 bits per heavy atom. The summed E-state index contributed by atoms with van der Waals surface area (Å²) in [5.74, 6) is 0.171. The molecular formula is C21H25N3O3S2. The molecule has 3 heterocycles. The maximum Gasteiger partial charge on any atom is 0.268 e. The molecule has 0 saturated carbocycles. The normalized spacial score (nSPS) is 20.6. The molecule has 0 spiro atoms. The van der Waals surface area contributed by atoms with Gasteiger partial charge in [-0.05, 0) is 18.4 Å². The van der Waals surface area contributed by atoms with Gasteiger partial charge in [-0.2, -0.15) is 0 Å². The van der Waals surface area contributed by atoms with Crippen LogP contribution in [-0.2, 0) is 22.5 Å². The third kappa shape index (κ3) is 5.05. The summed E-state index contributed by atoms with van der Waals surface area (Å²) in [7, 11) is 0. The van der Waals surface area contributed by atoms with E-state index in [1.807, 2.05) is 30.3 Å². The minimum absolute atomic E-state index is 0.00420. The van der Waals surface area contributed by atoms with Crippen molar-refractivity contribution in [1.82, 2.24) is 14.9 Å². The largest absolute Gasteiger partial charge is 0.376 e. The smallest absolute Gasteiger partial charge is 0.268 e. The van der Waals surface area contributed by atoms with Crippen molar-refractivity contribution in [2.45, 2.75) is 54.1 Å². The Balaban J connectivity index is 1.50. The van der Waals surface area contributed by atoms with Crippen molar-refractivity contribution in [3.05, 3.63) is 51.9 Å². The fourth-order valence-electron chi connectivity index (χ4n) is 3.56. The molecule has 0 bridgehead atoms. The first-order valence-corrected chi connectivity index (χ1v) is 11.8. The summed E-state index contributed by atoms with van der Waals surface area (Å²) in [5, 5.41) is 3.90. The molecule has 1 saturated heterocycles. The molecule has 0 radical (unpaired) electrons. The zero-order valence-electron chi connectivity index (χ0n) is 16.4. The number of aromatic nitrogens is 2. The van der Waals surface area contributed by atoms with E-state index in [1.54, 1.807) is 16.3 Å². The van der Waals surface area contributed by atoms with Crippen LogP contribution in [-0.4, -0.2) is 45.7 Å². The van der Waals surface area contributed by atoms with E-state index in [1.165, 1.54) is 11.8 Å². The predicted octanol–water partition coefficient (Wildman–Crippen LogP) is 2.72. The van der Waals surface area contributed by atoms with Crippen molar-refractivity contribution in [3.63, 3.8) is 0 Å². The van der Waals surface area contributed by atoms with Crippen molar-refractivity contribution in [2.75, 3.05) is 18.9 Å². The van der Waals surface area contributed by atoms with Crippen LogP contribution in [0, 0.1) is 0 Å². The van der Waals surface area contributed by atoms with E-state index in [4.69, 9.17) is 9.72 Å². The molecule has 154 valence electrons. The summed E-state index contributed by atoms with van der Waals surface area (Å²) in [4.78, 5) is 31.0. The standard InChI is InChI=1S/C21H25N3O3S2/c1-14-10-17-19(29-14)20(26)24(12-15-6-3-2-4-7-15)21(23-17)28-13-18(25)22-11-16-8-5-9-27-16/h2-4,6-7,14,16H,5,8-13H2,1H3,(H,22,25)/t14-,16-/m0/s1. The second kappa shape index (κ2) is 9.36. The quantitative estimate of drug-likeness (QED) is 0.537. The van der Waals surface area contributed by atoms with Gasteiger partial charge in [-0.25, -0.2) is 4.98 Å². The SMILES string of the molecule is C[C@H]1Cc2nc(SCC(=O)NC[C@@H]3CCCO3)n(Cc3ccccc3)c(=O)c2S1. The Bertz CT molecular complexity index is 927. The fraction of sp³-hybridized carbons (Fsp3) is 0.476. The molecule has 0 aliphatic carbocycles. The van der Waals surface area contributed by atoms with Crippen LogP contribution in [0.2, 0.25) is 0 Å². The molecule has 1 amide bonds. The number of benzene rings is 1. The van der Waals surface area contributed by atoms with E-state index in [2.05, 4.69) is 12.2 Å². The van der Waals surface area contributed by atoms with Gasteiger partial charge in [0.2, 0.25) is 5.91 Å². The third-order valence-corrected chi connectivity index (χ3v) is 7.22. The monoisotopic (exact) mass is 431 g/mol. The van der Waals surface area contributed by atoms with Crippen LogP contribution in [0.1, 0.15) is 31.0 Å². The molecule has 1 aromatic heterocycles. The number of hydrogen-bond acceptors (Lipinski definition) is 6. The maximum atomic E-state index is 13.1. The highest BCUT2D eigenvalue weighted by Crippen LogP contribution is 2.34. The van der Waals surface area contributed by atoms with E-state index < -0.39 is 0 Å². The molecule has 2 atom stereocenters. The number of fused-ring (bicyclic) bond motifs is 1. The van der Waals surface area contributed by atoms with Gasteiger partial charge in [0.05, 0.1) is 29.0 Å². The van der Waals surface area contributed by atoms with Crippen LogP contribution >= 0.6 is 23.5 Å². The summed E-state index contributed by atoms with van der Waals surface area (Å²) in [6, 6.07) is 9.88. The lowest BCUT2D eigenvalue weighted by Crippen LogP contribution is -2.33. The van der Waals surface area contributed by atoms with E-state index in [0.717, 1.165) is 42.0 Å². The molecule has 0 unspecified atom stereocenters. The van der Waals surface area contributed by atoms with E-state index in [0.29, 0.717) is 23.5 Å². The molecule has 1 aromatic carbocycles. The molecule has 4 rings (SSSR count). The van der Waals surface area contributed by atoms with Crippen LogP contribution in [0.15, 0.2) is 45.2 Å². The Morgan fingerprint density at radius 3 is 2.97 bits per heavy atom. The lowest BCUT2D eigenvalue weighted by atomic mass is 10.2. The lowest BCUT2D eigenvalue weighted by Gasteiger charge is -2.14. The molecule has 29 heavy (non-hydrogen) atoms. The van der Waals surface area contributed by atoms with E-state index >= 15 is 0 Å². The van der Waals surface area contributed by atoms with E-state index in [9.17, 15) is 9.59 Å². The van der Waals surface area contributed by atoms with Gasteiger partial charge in [0.1, 0.15) is 0 Å². The van der Waals surface area contributed by atoms with Crippen LogP contribution < -0.4 is 10.9 Å². The number of ether oxygens (including phenoxy) is 1. The number of rotatable bonds is 7. The van der Waals surface area contributed by atoms with Gasteiger partial charge < -0.3 is 10.1 Å². The molecule has 8 heteroatoms. The average Bonchev–Trinajstić information content (AvgIpc) is 3.37. The molecule has 2 aliphatic heterocycles. The van der Waals surface area contributed by atoms with Crippen molar-refractivity contribution in [2.24, 2.45) is 0 Å². The molecule has 6 nitrogen and oxygen atoms in total. The summed E-state index contributed by atoms with van der Waals surface area (Å²) < 4.78 is 7.25. The molecule has 2 aliphatic rings. The van der Waals surface area contributed by atoms with Gasteiger partial charge in [-0.15, -0.1) is 11.8 Å². The van der Waals surface area contributed by atoms with Gasteiger partial charge in [-0.1, -0.05) is 49.0 Å². The molecular weight excluding hydrogens is 406 g/mol. The average molecular weight is 432 g/mol. The first kappa shape index (κ1) is 20.5. The summed E-state index contributed by atoms with van der Waals surface area (Å²) in [6.45, 7) is 3.88. The summed E-state index contributed by atoms with van der Waals surface area (Å²) in [5.41, 5.74) is 1.90. The minimum Gasteiger partial charge on any atom is -0.376 e. The van der Waals surface area contributed by atoms with Gasteiger partial charge in [-0.3, -0.25) is 14.2 Å². The Morgan fingerprint density at radius 1 is 1.38 bits per heavy atom. The van der Waals surface area contributed by atoms with Crippen LogP contribution in [0.4, 0.5) is 0 Å². The highest BCUT2D eigenvalue weighted by Gasteiger charge is 2.26. The van der Waals surface area contributed by atoms with Gasteiger partial charge >= 0.3 is 0 Å². The number of thioether (sulfide) groups is 2. The van der Waals surface area contributed by atoms with Gasteiger partial charge in [0, 0.05) is 24.8 Å². The number of carbonyl (C=O) groups excluding carboxylic acids is 1. The summed E-state index contributed by atoms with van der Waals surface area (Å²) >= 11 is 2.93. The molecule has 1 fully saturated rings. The highest BCUT2D eigenvalue weighted by molar-refractivity contribution is 8.00. The van der Waals surface area contributed by atoms with Crippen LogP contribution in [0.3, 0.4) is 0 Å². The fourth-order valence-corrected chi connectivity index (χ4v) is 5.52. The van der Waals surface area contributed by atoms with Gasteiger partial charge in [0.15, 0.2) is 5.16 Å². The minimum atomic E-state index is -0.0609. The number of nitrogens with one attached hydrogen (secondary N) is 1. The number of hydrogen-bond donors (Lipinski definition) is 1. The predicted molar refractivity (Wildman–Crippen MR) is 116 cm³/mol. The second-order valence-electron chi connectivity index (χ2n) is 7.41. The first-order valence-electron chi connectivity index (χ1n) is 9.95. The second-order valence-corrected chi connectivity index (χ2v) is 9.80. The number of carbonyl (C=O) groups is 1. The zero-order valence-corrected chi connectivity index (χ0v) is 18.1. The van der Waals surface area contributed by atoms with Gasteiger partial charge in [0.25, 0.3) is 5.56 Å². The Hall–Kier alpha value is -1.77. The van der Waals surface area contributed by atoms with Crippen molar-refractivity contribution in [1.29, 1.82) is 0 Å². The van der Waals surface area contributed by atoms with Crippen LogP contribution in [0.5, 0.6) is 0 Å². The number of nitrogens with zero attached hydrogens (tertiary/aromatic N) is 2. The Labute approximate surface area is 178 Å². The highest BCUT2D eigenvalue weighted by atomic mass is 32.2. The van der Waals surface area contributed by atoms with Crippen LogP contribution in [0.25, 0.3) is 0 Å². The molecule has 1 N–H and O–H groups in total. The topological polar surface area (TPSA) is 73.2 Å². The lowest BCUT2D eigenvalue weighted by molar-refractivity contribution is -0.119. The van der Waals surface area contributed by atoms with Crippen molar-refractivity contribution in [3.8, 4) is 0 Å². The first-order chi connectivity index (χ1) is 14.1. The maximum absolute atomic E-state index is 13.1. The third-order valence-electron chi connectivity index (χ3n) is 5.03. The van der Waals surface area contributed by atoms with E-state index in [-0.39, 0.29) is 23.3 Å². The van der Waals surface area contributed by atoms with Crippen molar-refractivity contribution >= 4 is 29.4 Å². The molecule has 2 aromatic rings. The zero-order chi connectivity index (χ0) is 20.2. The number of amides is 1. The Kier molecular flexibility index (Phi) is 6.62.